The summed E-state index contributed by atoms with van der Waals surface area (Å²) in [6.07, 6.45) is 62.4. The van der Waals surface area contributed by atoms with Crippen molar-refractivity contribution in [3.63, 3.8) is 0 Å². The fourth-order valence-corrected chi connectivity index (χ4v) is 10.5. The Morgan fingerprint density at radius 2 is 0.632 bits per heavy atom. The molecule has 0 aliphatic carbocycles. The fourth-order valence-electron chi connectivity index (χ4n) is 9.46. The topological polar surface area (TPSA) is 133 Å². The van der Waals surface area contributed by atoms with Crippen LogP contribution in [0.1, 0.15) is 328 Å². The van der Waals surface area contributed by atoms with Crippen LogP contribution >= 0.6 is 11.8 Å². The van der Waals surface area contributed by atoms with E-state index in [1.165, 1.54) is 243 Å². The predicted octanol–water partition coefficient (Wildman–Crippen LogP) is 18.0. The third-order valence-electron chi connectivity index (χ3n) is 14.0. The summed E-state index contributed by atoms with van der Waals surface area (Å²) in [5.41, 5.74) is 0. The summed E-state index contributed by atoms with van der Waals surface area (Å²) in [6.45, 7) is 3.06. The molecule has 8 nitrogen and oxygen atoms in total. The second-order valence-corrected chi connectivity index (χ2v) is 22.0. The first-order valence-corrected chi connectivity index (χ1v) is 31.1. The van der Waals surface area contributed by atoms with Gasteiger partial charge in [0.15, 0.2) is 0 Å². The van der Waals surface area contributed by atoms with E-state index in [4.69, 9.17) is 10.2 Å². The number of hydrogen-bond donors (Lipinski definition) is 4. The molecule has 9 heteroatoms. The molecule has 0 rings (SSSR count). The Morgan fingerprint density at radius 3 is 0.941 bits per heavy atom. The second kappa shape index (κ2) is 56.1. The highest BCUT2D eigenvalue weighted by molar-refractivity contribution is 7.99. The molecule has 0 saturated heterocycles. The minimum atomic E-state index is -1.20. The van der Waals surface area contributed by atoms with Crippen LogP contribution in [0.25, 0.3) is 0 Å². The van der Waals surface area contributed by atoms with Crippen molar-refractivity contribution in [3.8, 4) is 0 Å². The van der Waals surface area contributed by atoms with Crippen molar-refractivity contribution < 1.29 is 29.4 Å². The van der Waals surface area contributed by atoms with Gasteiger partial charge in [-0.2, -0.15) is 11.8 Å². The number of nitrogens with one attached hydrogen (secondary N) is 2. The zero-order chi connectivity index (χ0) is 49.5. The Labute approximate surface area is 425 Å². The van der Waals surface area contributed by atoms with Gasteiger partial charge in [-0.1, -0.05) is 270 Å². The summed E-state index contributed by atoms with van der Waals surface area (Å²) in [7, 11) is 0. The zero-order valence-electron chi connectivity index (χ0n) is 45.0. The van der Waals surface area contributed by atoms with Crippen LogP contribution in [0.2, 0.25) is 0 Å². The van der Waals surface area contributed by atoms with E-state index in [9.17, 15) is 19.2 Å². The van der Waals surface area contributed by atoms with Crippen molar-refractivity contribution >= 4 is 35.5 Å². The summed E-state index contributed by atoms with van der Waals surface area (Å²) in [5, 5.41) is 23.4. The van der Waals surface area contributed by atoms with Crippen LogP contribution in [0.15, 0.2) is 0 Å². The van der Waals surface area contributed by atoms with Crippen LogP contribution in [0.5, 0.6) is 0 Å². The molecular weight excluding hydrogens is 865 g/mol. The Bertz CT molecular complexity index is 1090. The van der Waals surface area contributed by atoms with E-state index in [0.29, 0.717) is 12.8 Å². The molecule has 402 valence electrons. The van der Waals surface area contributed by atoms with Crippen LogP contribution < -0.4 is 10.6 Å². The lowest BCUT2D eigenvalue weighted by Gasteiger charge is -2.13. The Hall–Kier alpha value is -1.77. The molecule has 0 aliphatic rings. The Morgan fingerprint density at radius 1 is 0.353 bits per heavy atom. The molecule has 68 heavy (non-hydrogen) atoms. The highest BCUT2D eigenvalue weighted by atomic mass is 32.2. The van der Waals surface area contributed by atoms with Crippen LogP contribution in [0.4, 0.5) is 0 Å². The summed E-state index contributed by atoms with van der Waals surface area (Å²) >= 11 is 2.21. The summed E-state index contributed by atoms with van der Waals surface area (Å²) in [6, 6.07) is -1.15. The number of rotatable bonds is 58. The normalized spacial score (nSPS) is 11.8. The van der Waals surface area contributed by atoms with Crippen molar-refractivity contribution in [2.45, 2.75) is 334 Å². The number of carboxylic acids is 2. The lowest BCUT2D eigenvalue weighted by atomic mass is 10.0. The molecule has 0 aromatic rings. The molecule has 0 saturated carbocycles. The summed E-state index contributed by atoms with van der Waals surface area (Å²) < 4.78 is 0. The molecule has 2 amide bonds. The first kappa shape index (κ1) is 66.2. The molecule has 4 N–H and O–H groups in total. The maximum Gasteiger partial charge on any atom is 0.326 e. The largest absolute Gasteiger partial charge is 0.481 e. The molecule has 0 aliphatic heterocycles. The maximum atomic E-state index is 12.2. The molecular formula is C59H114N2O6S. The van der Waals surface area contributed by atoms with Crippen LogP contribution in [-0.4, -0.2) is 58.1 Å². The first-order chi connectivity index (χ1) is 33.4. The summed E-state index contributed by atoms with van der Waals surface area (Å²) in [4.78, 5) is 46.0. The number of hydrogen-bond acceptors (Lipinski definition) is 5. The number of thioether (sulfide) groups is 1. The van der Waals surface area contributed by atoms with Crippen molar-refractivity contribution in [3.05, 3.63) is 0 Å². The van der Waals surface area contributed by atoms with E-state index in [0.717, 1.165) is 64.3 Å². The van der Waals surface area contributed by atoms with Gasteiger partial charge in [0.05, 0.1) is 0 Å². The Balaban J connectivity index is 3.22. The number of unbranched alkanes of at least 4 members (excludes halogenated alkanes) is 43. The smallest absolute Gasteiger partial charge is 0.326 e. The van der Waals surface area contributed by atoms with E-state index in [1.54, 1.807) is 0 Å². The van der Waals surface area contributed by atoms with E-state index < -0.39 is 18.0 Å². The van der Waals surface area contributed by atoms with Gasteiger partial charge in [-0.3, -0.25) is 14.4 Å². The molecule has 0 bridgehead atoms. The Kier molecular flexibility index (Phi) is 54.7. The van der Waals surface area contributed by atoms with Crippen LogP contribution in [0, 0.1) is 0 Å². The predicted molar refractivity (Wildman–Crippen MR) is 294 cm³/mol. The number of amides is 2. The van der Waals surface area contributed by atoms with Gasteiger partial charge >= 0.3 is 11.9 Å². The second-order valence-electron chi connectivity index (χ2n) is 20.8. The van der Waals surface area contributed by atoms with E-state index in [-0.39, 0.29) is 31.1 Å². The molecule has 1 atom stereocenters. The molecule has 0 radical (unpaired) electrons. The van der Waals surface area contributed by atoms with E-state index in [1.807, 2.05) is 0 Å². The fraction of sp³-hybridized carbons (Fsp3) is 0.932. The quantitative estimate of drug-likeness (QED) is 0.0446. The average molecular weight is 980 g/mol. The van der Waals surface area contributed by atoms with Crippen molar-refractivity contribution in [2.75, 3.05) is 18.1 Å². The summed E-state index contributed by atoms with van der Waals surface area (Å²) in [5.74, 6) is 0.370. The third kappa shape index (κ3) is 55.2. The minimum Gasteiger partial charge on any atom is -0.481 e. The molecule has 0 spiro atoms. The standard InChI is InChI=1S/C59H114N2O6S/c1-2-3-4-5-6-7-31-36-41-46-53-68-54-47-42-37-32-27-25-23-21-19-17-15-13-11-9-8-10-12-14-16-18-20-22-24-26-28-33-38-43-48-56(62)60-52-45-40-35-30-29-34-39-44-49-57(63)61-55(59(66)67)50-51-58(64)65/h55H,2-54H2,1H3,(H,60,62)(H,61,63)(H,64,65)(H,66,67). The van der Waals surface area contributed by atoms with Crippen molar-refractivity contribution in [1.82, 2.24) is 10.6 Å². The molecule has 0 aromatic carbocycles. The molecule has 0 fully saturated rings. The van der Waals surface area contributed by atoms with Gasteiger partial charge in [-0.25, -0.2) is 4.79 Å². The number of carbonyl (C=O) groups excluding carboxylic acids is 2. The number of carboxylic acid groups (broad SMARTS) is 2. The monoisotopic (exact) mass is 979 g/mol. The molecule has 0 aromatic heterocycles. The highest BCUT2D eigenvalue weighted by Crippen LogP contribution is 2.18. The third-order valence-corrected chi connectivity index (χ3v) is 15.2. The van der Waals surface area contributed by atoms with Crippen molar-refractivity contribution in [2.24, 2.45) is 0 Å². The van der Waals surface area contributed by atoms with Gasteiger partial charge in [-0.05, 0) is 50.0 Å². The number of aliphatic carboxylic acids is 2. The highest BCUT2D eigenvalue weighted by Gasteiger charge is 2.20. The lowest BCUT2D eigenvalue weighted by Crippen LogP contribution is -2.41. The van der Waals surface area contributed by atoms with Gasteiger partial charge in [0, 0.05) is 25.8 Å². The van der Waals surface area contributed by atoms with Gasteiger partial charge in [0.25, 0.3) is 0 Å². The van der Waals surface area contributed by atoms with Gasteiger partial charge < -0.3 is 20.8 Å². The first-order valence-electron chi connectivity index (χ1n) is 29.9. The molecule has 1 unspecified atom stereocenters. The average Bonchev–Trinajstić information content (AvgIpc) is 3.32. The number of carbonyl (C=O) groups is 4. The van der Waals surface area contributed by atoms with E-state index >= 15 is 0 Å². The van der Waals surface area contributed by atoms with Crippen LogP contribution in [0.3, 0.4) is 0 Å². The molecule has 0 heterocycles. The van der Waals surface area contributed by atoms with Gasteiger partial charge in [0.1, 0.15) is 6.04 Å². The van der Waals surface area contributed by atoms with E-state index in [2.05, 4.69) is 29.3 Å². The van der Waals surface area contributed by atoms with Gasteiger partial charge in [-0.15, -0.1) is 0 Å². The lowest BCUT2D eigenvalue weighted by molar-refractivity contribution is -0.143. The van der Waals surface area contributed by atoms with Crippen LogP contribution in [-0.2, 0) is 19.2 Å². The van der Waals surface area contributed by atoms with Gasteiger partial charge in [0.2, 0.25) is 11.8 Å². The van der Waals surface area contributed by atoms with Crippen molar-refractivity contribution in [1.29, 1.82) is 0 Å². The zero-order valence-corrected chi connectivity index (χ0v) is 45.8. The SMILES string of the molecule is CCCCCCCCCCCCSCCCCCCCCCCCCCCCCCCCCCCCCCCCCCCC(=O)NCCCCCCCCCCC(=O)NC(CCC(=O)O)C(=O)O. The maximum absolute atomic E-state index is 12.2. The minimum absolute atomic E-state index is 0.111.